The average Bonchev–Trinajstić information content (AvgIpc) is 3.71. The van der Waals surface area contributed by atoms with Gasteiger partial charge in [-0.1, -0.05) is 54.6 Å². The van der Waals surface area contributed by atoms with Gasteiger partial charge in [0, 0.05) is 24.5 Å². The summed E-state index contributed by atoms with van der Waals surface area (Å²) in [5, 5.41) is 11.8. The van der Waals surface area contributed by atoms with Gasteiger partial charge >= 0.3 is 0 Å². The van der Waals surface area contributed by atoms with E-state index in [4.69, 9.17) is 0 Å². The van der Waals surface area contributed by atoms with E-state index >= 15 is 0 Å². The highest BCUT2D eigenvalue weighted by Crippen LogP contribution is 2.24. The largest absolute Gasteiger partial charge is 0.348 e. The monoisotopic (exact) mass is 552 g/mol. The fraction of sp³-hybridized carbons (Fsp3) is 0.364. The second-order valence-corrected chi connectivity index (χ2v) is 10.9. The van der Waals surface area contributed by atoms with Gasteiger partial charge in [0.15, 0.2) is 0 Å². The van der Waals surface area contributed by atoms with E-state index in [-0.39, 0.29) is 17.9 Å². The Kier molecular flexibility index (Phi) is 9.78. The van der Waals surface area contributed by atoms with Gasteiger partial charge in [0.2, 0.25) is 5.91 Å². The summed E-state index contributed by atoms with van der Waals surface area (Å²) in [6.07, 6.45) is 7.44. The Balaban J connectivity index is 1.21. The Hall–Kier alpha value is -4.01. The fourth-order valence-electron chi connectivity index (χ4n) is 5.55. The summed E-state index contributed by atoms with van der Waals surface area (Å²) in [5.74, 6) is 0.489. The zero-order valence-corrected chi connectivity index (χ0v) is 23.7. The number of carbonyl (C=O) groups is 2. The molecular weight excluding hydrogens is 512 g/mol. The normalized spacial score (nSPS) is 15.0. The maximum absolute atomic E-state index is 13.6. The first-order valence-electron chi connectivity index (χ1n) is 14.7. The van der Waals surface area contributed by atoms with Crippen molar-refractivity contribution in [2.45, 2.75) is 57.8 Å². The number of hydrogen-bond acceptors (Lipinski definition) is 5. The fourth-order valence-corrected chi connectivity index (χ4v) is 5.55. The molecule has 0 bridgehead atoms. The summed E-state index contributed by atoms with van der Waals surface area (Å²) < 4.78 is 0. The van der Waals surface area contributed by atoms with Gasteiger partial charge in [-0.05, 0) is 86.3 Å². The highest BCUT2D eigenvalue weighted by atomic mass is 16.2. The number of fused-ring (bicyclic) bond motifs is 1. The molecule has 8 nitrogen and oxygen atoms in total. The second kappa shape index (κ2) is 14.1. The van der Waals surface area contributed by atoms with Gasteiger partial charge in [0.1, 0.15) is 11.9 Å². The van der Waals surface area contributed by atoms with Crippen LogP contribution in [-0.2, 0) is 17.9 Å². The van der Waals surface area contributed by atoms with Gasteiger partial charge in [-0.15, -0.1) is 0 Å². The molecule has 3 aromatic carbocycles. The summed E-state index contributed by atoms with van der Waals surface area (Å²) in [6.45, 7) is 6.48. The topological polar surface area (TPSA) is 102 Å². The van der Waals surface area contributed by atoms with Crippen LogP contribution in [0.3, 0.4) is 0 Å². The molecule has 4 N–H and O–H groups in total. The van der Waals surface area contributed by atoms with E-state index in [1.165, 1.54) is 12.8 Å². The Morgan fingerprint density at radius 2 is 1.73 bits per heavy atom. The number of H-pyrrole nitrogens is 1. The molecule has 214 valence electrons. The quantitative estimate of drug-likeness (QED) is 0.193. The Morgan fingerprint density at radius 1 is 0.951 bits per heavy atom. The van der Waals surface area contributed by atoms with Gasteiger partial charge in [-0.3, -0.25) is 9.59 Å². The third-order valence-electron chi connectivity index (χ3n) is 7.83. The lowest BCUT2D eigenvalue weighted by Gasteiger charge is -2.23. The minimum atomic E-state index is -0.614. The van der Waals surface area contributed by atoms with E-state index in [0.29, 0.717) is 25.1 Å². The van der Waals surface area contributed by atoms with Crippen molar-refractivity contribution >= 4 is 22.6 Å². The number of hydrogen-bond donors (Lipinski definition) is 4. The molecule has 1 aliphatic rings. The highest BCUT2D eigenvalue weighted by molar-refractivity contribution is 5.97. The van der Waals surface area contributed by atoms with Crippen LogP contribution in [0, 0.1) is 0 Å². The van der Waals surface area contributed by atoms with Crippen molar-refractivity contribution in [3.05, 3.63) is 102 Å². The lowest BCUT2D eigenvalue weighted by molar-refractivity contribution is -0.123. The molecule has 1 unspecified atom stereocenters. The van der Waals surface area contributed by atoms with E-state index in [1.807, 2.05) is 49.4 Å². The molecule has 2 heterocycles. The predicted molar refractivity (Wildman–Crippen MR) is 162 cm³/mol. The van der Waals surface area contributed by atoms with Crippen LogP contribution in [0.2, 0.25) is 0 Å². The predicted octanol–water partition coefficient (Wildman–Crippen LogP) is 4.70. The molecule has 1 aliphatic heterocycles. The molecule has 41 heavy (non-hydrogen) atoms. The minimum absolute atomic E-state index is 0.154. The van der Waals surface area contributed by atoms with Gasteiger partial charge in [-0.2, -0.15) is 0 Å². The standard InChI is InChI=1S/C33H40N6O2/c1-24(28-11-6-9-26-8-2-3-10-29(26)28)37-33(41)30(12-7-21-39-19-4-5-20-39)38-32(40)27-15-13-25(14-16-27)22-34-23-31-35-17-18-36-31/h2-3,6,8-11,13-18,24,30,34H,4-5,7,12,19-23H2,1H3,(H,35,36)(H,37,41)(H,38,40)/t24?,30-/m0/s1. The zero-order chi connectivity index (χ0) is 28.4. The Labute approximate surface area is 241 Å². The van der Waals surface area contributed by atoms with E-state index in [1.54, 1.807) is 12.4 Å². The van der Waals surface area contributed by atoms with Gasteiger partial charge in [0.25, 0.3) is 5.91 Å². The van der Waals surface area contributed by atoms with Crippen LogP contribution in [-0.4, -0.2) is 52.4 Å². The maximum atomic E-state index is 13.6. The van der Waals surface area contributed by atoms with Gasteiger partial charge in [-0.25, -0.2) is 4.98 Å². The number of aromatic nitrogens is 2. The number of nitrogens with zero attached hydrogens (tertiary/aromatic N) is 2. The van der Waals surface area contributed by atoms with Crippen LogP contribution in [0.5, 0.6) is 0 Å². The number of carbonyl (C=O) groups excluding carboxylic acids is 2. The van der Waals surface area contributed by atoms with Crippen molar-refractivity contribution in [1.82, 2.24) is 30.8 Å². The van der Waals surface area contributed by atoms with Crippen molar-refractivity contribution in [2.75, 3.05) is 19.6 Å². The van der Waals surface area contributed by atoms with Crippen LogP contribution in [0.15, 0.2) is 79.1 Å². The number of imidazole rings is 1. The molecule has 2 atom stereocenters. The molecule has 0 aliphatic carbocycles. The van der Waals surface area contributed by atoms with Crippen LogP contribution < -0.4 is 16.0 Å². The summed E-state index contributed by atoms with van der Waals surface area (Å²) in [4.78, 5) is 36.6. The number of amides is 2. The first kappa shape index (κ1) is 28.5. The molecule has 1 fully saturated rings. The Morgan fingerprint density at radius 3 is 2.51 bits per heavy atom. The van der Waals surface area contributed by atoms with Crippen LogP contribution in [0.25, 0.3) is 10.8 Å². The van der Waals surface area contributed by atoms with Gasteiger partial charge in [0.05, 0.1) is 12.6 Å². The minimum Gasteiger partial charge on any atom is -0.348 e. The van der Waals surface area contributed by atoms with E-state index < -0.39 is 6.04 Å². The van der Waals surface area contributed by atoms with Gasteiger partial charge < -0.3 is 25.8 Å². The number of benzene rings is 3. The van der Waals surface area contributed by atoms with Crippen molar-refractivity contribution in [3.8, 4) is 0 Å². The molecule has 1 aromatic heterocycles. The molecule has 1 saturated heterocycles. The summed E-state index contributed by atoms with van der Waals surface area (Å²) in [5.41, 5.74) is 2.67. The molecule has 8 heteroatoms. The molecule has 0 spiro atoms. The second-order valence-electron chi connectivity index (χ2n) is 10.9. The molecule has 2 amide bonds. The molecule has 5 rings (SSSR count). The smallest absolute Gasteiger partial charge is 0.251 e. The third-order valence-corrected chi connectivity index (χ3v) is 7.83. The SMILES string of the molecule is CC(NC(=O)[C@H](CCCN1CCCC1)NC(=O)c1ccc(CNCc2ncc[nH]2)cc1)c1cccc2ccccc12. The third kappa shape index (κ3) is 7.80. The number of rotatable bonds is 13. The highest BCUT2D eigenvalue weighted by Gasteiger charge is 2.24. The number of aromatic amines is 1. The summed E-state index contributed by atoms with van der Waals surface area (Å²) in [7, 11) is 0. The molecule has 0 saturated carbocycles. The van der Waals surface area contributed by atoms with Crippen LogP contribution in [0.4, 0.5) is 0 Å². The first-order valence-corrected chi connectivity index (χ1v) is 14.7. The first-order chi connectivity index (χ1) is 20.1. The lowest BCUT2D eigenvalue weighted by Crippen LogP contribution is -2.47. The average molecular weight is 553 g/mol. The molecule has 4 aromatic rings. The molecular formula is C33H40N6O2. The maximum Gasteiger partial charge on any atom is 0.251 e. The van der Waals surface area contributed by atoms with Crippen LogP contribution >= 0.6 is 0 Å². The number of likely N-dealkylation sites (tertiary alicyclic amines) is 1. The molecule has 0 radical (unpaired) electrons. The summed E-state index contributed by atoms with van der Waals surface area (Å²) >= 11 is 0. The zero-order valence-electron chi connectivity index (χ0n) is 23.7. The van der Waals surface area contributed by atoms with E-state index in [2.05, 4.69) is 55.1 Å². The van der Waals surface area contributed by atoms with Crippen molar-refractivity contribution in [3.63, 3.8) is 0 Å². The van der Waals surface area contributed by atoms with E-state index in [9.17, 15) is 9.59 Å². The van der Waals surface area contributed by atoms with Crippen molar-refractivity contribution < 1.29 is 9.59 Å². The lowest BCUT2D eigenvalue weighted by atomic mass is 9.99. The van der Waals surface area contributed by atoms with Crippen LogP contribution in [0.1, 0.15) is 66.0 Å². The Bertz CT molecular complexity index is 1410. The van der Waals surface area contributed by atoms with Crippen molar-refractivity contribution in [2.24, 2.45) is 0 Å². The van der Waals surface area contributed by atoms with E-state index in [0.717, 1.165) is 53.8 Å². The van der Waals surface area contributed by atoms with Crippen molar-refractivity contribution in [1.29, 1.82) is 0 Å². The number of nitrogens with one attached hydrogen (secondary N) is 4. The summed E-state index contributed by atoms with van der Waals surface area (Å²) in [6, 6.07) is 21.1.